The lowest BCUT2D eigenvalue weighted by molar-refractivity contribution is -0.136. The second-order valence-electron chi connectivity index (χ2n) is 8.14. The van der Waals surface area contributed by atoms with E-state index in [0.29, 0.717) is 24.1 Å². The molecule has 2 fully saturated rings. The first-order valence-corrected chi connectivity index (χ1v) is 11.4. The van der Waals surface area contributed by atoms with Crippen LogP contribution >= 0.6 is 0 Å². The molecule has 0 aromatic heterocycles. The average Bonchev–Trinajstić information content (AvgIpc) is 2.86. The van der Waals surface area contributed by atoms with E-state index in [9.17, 15) is 22.8 Å². The molecule has 1 spiro atoms. The number of rotatable bonds is 5. The van der Waals surface area contributed by atoms with E-state index in [2.05, 4.69) is 5.32 Å². The summed E-state index contributed by atoms with van der Waals surface area (Å²) in [6.45, 7) is 1.33. The summed E-state index contributed by atoms with van der Waals surface area (Å²) in [4.78, 5) is 40.8. The van der Waals surface area contributed by atoms with Gasteiger partial charge in [-0.1, -0.05) is 25.3 Å². The van der Waals surface area contributed by atoms with Gasteiger partial charge in [0.15, 0.2) is 0 Å². The van der Waals surface area contributed by atoms with Gasteiger partial charge in [0.25, 0.3) is 5.91 Å². The van der Waals surface area contributed by atoms with E-state index in [0.717, 1.165) is 28.5 Å². The minimum atomic E-state index is -3.66. The Hall–Kier alpha value is -2.46. The van der Waals surface area contributed by atoms with Gasteiger partial charge in [0.2, 0.25) is 15.9 Å². The molecule has 1 heterocycles. The van der Waals surface area contributed by atoms with Crippen molar-refractivity contribution in [1.29, 1.82) is 0 Å². The molecule has 1 saturated carbocycles. The second kappa shape index (κ2) is 7.99. The Kier molecular flexibility index (Phi) is 5.92. The van der Waals surface area contributed by atoms with Crippen molar-refractivity contribution in [2.75, 3.05) is 33.0 Å². The number of benzene rings is 1. The van der Waals surface area contributed by atoms with Gasteiger partial charge in [-0.05, 0) is 37.5 Å². The van der Waals surface area contributed by atoms with Crippen LogP contribution in [-0.2, 0) is 19.6 Å². The fourth-order valence-electron chi connectivity index (χ4n) is 4.11. The number of carbonyl (C=O) groups excluding carboxylic acids is 3. The Morgan fingerprint density at radius 3 is 2.40 bits per heavy atom. The molecule has 0 radical (unpaired) electrons. The summed E-state index contributed by atoms with van der Waals surface area (Å²) < 4.78 is 25.8. The van der Waals surface area contributed by atoms with Gasteiger partial charge in [0.05, 0.1) is 4.90 Å². The maximum absolute atomic E-state index is 13.0. The molecule has 0 bridgehead atoms. The van der Waals surface area contributed by atoms with E-state index in [1.165, 1.54) is 31.1 Å². The topological polar surface area (TPSA) is 107 Å². The predicted octanol–water partition coefficient (Wildman–Crippen LogP) is 1.78. The average molecular weight is 437 g/mol. The van der Waals surface area contributed by atoms with Gasteiger partial charge in [0.1, 0.15) is 12.1 Å². The number of urea groups is 1. The molecule has 1 saturated heterocycles. The van der Waals surface area contributed by atoms with Crippen molar-refractivity contribution in [2.24, 2.45) is 0 Å². The monoisotopic (exact) mass is 436 g/mol. The first-order valence-electron chi connectivity index (χ1n) is 9.93. The van der Waals surface area contributed by atoms with Crippen LogP contribution in [0.5, 0.6) is 0 Å². The van der Waals surface area contributed by atoms with Crippen LogP contribution in [0.2, 0.25) is 0 Å². The number of imide groups is 1. The Balaban J connectivity index is 1.78. The highest BCUT2D eigenvalue weighted by molar-refractivity contribution is 7.89. The zero-order valence-corrected chi connectivity index (χ0v) is 18.6. The molecule has 3 rings (SSSR count). The Morgan fingerprint density at radius 2 is 1.80 bits per heavy atom. The van der Waals surface area contributed by atoms with Crippen LogP contribution in [0.1, 0.15) is 37.7 Å². The van der Waals surface area contributed by atoms with Gasteiger partial charge in [-0.3, -0.25) is 14.5 Å². The number of carbonyl (C=O) groups is 3. The van der Waals surface area contributed by atoms with Crippen molar-refractivity contribution in [2.45, 2.75) is 49.5 Å². The van der Waals surface area contributed by atoms with Crippen LogP contribution < -0.4 is 5.32 Å². The van der Waals surface area contributed by atoms with Gasteiger partial charge in [0, 0.05) is 26.8 Å². The summed E-state index contributed by atoms with van der Waals surface area (Å²) in [6, 6.07) is 3.97. The maximum Gasteiger partial charge on any atom is 0.327 e. The number of hydrogen-bond donors (Lipinski definition) is 1. The predicted molar refractivity (Wildman–Crippen MR) is 111 cm³/mol. The Morgan fingerprint density at radius 1 is 1.17 bits per heavy atom. The number of anilines is 1. The molecule has 30 heavy (non-hydrogen) atoms. The van der Waals surface area contributed by atoms with E-state index in [4.69, 9.17) is 0 Å². The van der Waals surface area contributed by atoms with Gasteiger partial charge in [-0.15, -0.1) is 0 Å². The summed E-state index contributed by atoms with van der Waals surface area (Å²) in [6.07, 6.45) is 3.99. The molecule has 10 heteroatoms. The summed E-state index contributed by atoms with van der Waals surface area (Å²) in [5, 5.41) is 2.65. The zero-order chi connectivity index (χ0) is 22.3. The lowest BCUT2D eigenvalue weighted by atomic mass is 9.81. The molecule has 1 aliphatic heterocycles. The van der Waals surface area contributed by atoms with Crippen molar-refractivity contribution in [1.82, 2.24) is 14.1 Å². The number of aryl methyl sites for hydroxylation is 1. The molecular weight excluding hydrogens is 408 g/mol. The minimum absolute atomic E-state index is 0.0441. The molecule has 4 amide bonds. The highest BCUT2D eigenvalue weighted by atomic mass is 32.2. The molecule has 1 aliphatic carbocycles. The number of amides is 4. The van der Waals surface area contributed by atoms with Crippen LogP contribution in [0.3, 0.4) is 0 Å². The van der Waals surface area contributed by atoms with Gasteiger partial charge in [-0.2, -0.15) is 0 Å². The minimum Gasteiger partial charge on any atom is -0.324 e. The van der Waals surface area contributed by atoms with Crippen LogP contribution in [0.15, 0.2) is 23.1 Å². The summed E-state index contributed by atoms with van der Waals surface area (Å²) in [5.41, 5.74) is 0.148. The number of sulfonamides is 1. The first kappa shape index (κ1) is 22.2. The third-order valence-corrected chi connectivity index (χ3v) is 7.86. The van der Waals surface area contributed by atoms with Crippen molar-refractivity contribution < 1.29 is 22.8 Å². The normalized spacial score (nSPS) is 19.1. The van der Waals surface area contributed by atoms with Crippen molar-refractivity contribution in [3.63, 3.8) is 0 Å². The smallest absolute Gasteiger partial charge is 0.324 e. The van der Waals surface area contributed by atoms with E-state index in [1.54, 1.807) is 20.0 Å². The van der Waals surface area contributed by atoms with Crippen LogP contribution in [0.25, 0.3) is 0 Å². The molecule has 9 nitrogen and oxygen atoms in total. The summed E-state index contributed by atoms with van der Waals surface area (Å²) in [5.74, 6) is -0.883. The van der Waals surface area contributed by atoms with Crippen LogP contribution in [0, 0.1) is 6.92 Å². The van der Waals surface area contributed by atoms with E-state index >= 15 is 0 Å². The molecular formula is C20H28N4O5S. The zero-order valence-electron chi connectivity index (χ0n) is 17.8. The number of nitrogens with one attached hydrogen (secondary N) is 1. The third kappa shape index (κ3) is 3.69. The SMILES string of the molecule is Cc1ccc(S(=O)(=O)N(C)C)cc1NC(=O)CN1C(=O)N(C)C2(CCCCC2)C1=O. The third-order valence-electron chi connectivity index (χ3n) is 6.05. The number of hydrogen-bond acceptors (Lipinski definition) is 5. The summed E-state index contributed by atoms with van der Waals surface area (Å²) >= 11 is 0. The Bertz CT molecular complexity index is 983. The lowest BCUT2D eigenvalue weighted by Crippen LogP contribution is -2.49. The molecule has 1 aromatic rings. The van der Waals surface area contributed by atoms with E-state index < -0.39 is 34.0 Å². The largest absolute Gasteiger partial charge is 0.327 e. The molecule has 164 valence electrons. The quantitative estimate of drug-likeness (QED) is 0.708. The second-order valence-corrected chi connectivity index (χ2v) is 10.3. The Labute approximate surface area is 177 Å². The van der Waals surface area contributed by atoms with Gasteiger partial charge >= 0.3 is 6.03 Å². The van der Waals surface area contributed by atoms with Crippen LogP contribution in [0.4, 0.5) is 10.5 Å². The standard InChI is InChI=1S/C20H28N4O5S/c1-14-8-9-15(30(28,29)22(2)3)12-16(14)21-17(25)13-24-18(26)20(23(4)19(24)27)10-6-5-7-11-20/h8-9,12H,5-7,10-11,13H2,1-4H3,(H,21,25). The van der Waals surface area contributed by atoms with Crippen molar-refractivity contribution in [3.05, 3.63) is 23.8 Å². The highest BCUT2D eigenvalue weighted by Crippen LogP contribution is 2.39. The molecule has 2 aliphatic rings. The molecule has 0 atom stereocenters. The van der Waals surface area contributed by atoms with Crippen molar-refractivity contribution in [3.8, 4) is 0 Å². The first-order chi connectivity index (χ1) is 14.0. The fourth-order valence-corrected chi connectivity index (χ4v) is 5.04. The van der Waals surface area contributed by atoms with E-state index in [1.807, 2.05) is 0 Å². The highest BCUT2D eigenvalue weighted by Gasteiger charge is 2.55. The number of likely N-dealkylation sites (N-methyl/N-ethyl adjacent to an activating group) is 1. The van der Waals surface area contributed by atoms with Crippen LogP contribution in [-0.4, -0.2) is 73.6 Å². The summed E-state index contributed by atoms with van der Waals surface area (Å²) in [7, 11) is 0.806. The fraction of sp³-hybridized carbons (Fsp3) is 0.550. The molecule has 1 N–H and O–H groups in total. The number of nitrogens with zero attached hydrogens (tertiary/aromatic N) is 3. The lowest BCUT2D eigenvalue weighted by Gasteiger charge is -2.35. The van der Waals surface area contributed by atoms with Crippen molar-refractivity contribution >= 4 is 33.6 Å². The van der Waals surface area contributed by atoms with E-state index in [-0.39, 0.29) is 10.8 Å². The van der Waals surface area contributed by atoms with Gasteiger partial charge < -0.3 is 10.2 Å². The molecule has 1 aromatic carbocycles. The van der Waals surface area contributed by atoms with Gasteiger partial charge in [-0.25, -0.2) is 17.5 Å². The molecule has 0 unspecified atom stereocenters. The maximum atomic E-state index is 13.0.